The summed E-state index contributed by atoms with van der Waals surface area (Å²) >= 11 is 4.34. The van der Waals surface area contributed by atoms with E-state index in [0.29, 0.717) is 6.42 Å². The number of benzene rings is 2. The van der Waals surface area contributed by atoms with Gasteiger partial charge in [-0.2, -0.15) is 12.6 Å². The molecule has 26 heavy (non-hydrogen) atoms. The van der Waals surface area contributed by atoms with Gasteiger partial charge in [0.05, 0.1) is 5.25 Å². The smallest absolute Gasteiger partial charge is 0.326 e. The molecule has 3 rings (SSSR count). The minimum atomic E-state index is -1.07. The molecule has 0 bridgehead atoms. The monoisotopic (exact) mass is 368 g/mol. The standard InChI is InChI=1S/C20H20N2O3S/c23-19(18(26)10-13-6-2-1-3-7-13)22-17(20(24)25)11-14-12-21-16-9-5-4-8-15(14)16/h1-9,12,17-18,21,26H,10-11H2,(H,22,23)(H,24,25)/t17-,18-/m0/s1. The van der Waals surface area contributed by atoms with Crippen LogP contribution in [0.5, 0.6) is 0 Å². The van der Waals surface area contributed by atoms with Gasteiger partial charge in [0.2, 0.25) is 5.91 Å². The first-order chi connectivity index (χ1) is 12.5. The number of aromatic amines is 1. The molecule has 0 fully saturated rings. The van der Waals surface area contributed by atoms with Gasteiger partial charge in [0.15, 0.2) is 0 Å². The maximum atomic E-state index is 12.4. The van der Waals surface area contributed by atoms with Crippen molar-refractivity contribution in [1.29, 1.82) is 0 Å². The molecule has 1 amide bonds. The molecule has 5 nitrogen and oxygen atoms in total. The lowest BCUT2D eigenvalue weighted by atomic mass is 10.0. The van der Waals surface area contributed by atoms with E-state index in [9.17, 15) is 14.7 Å². The Morgan fingerprint density at radius 3 is 2.46 bits per heavy atom. The van der Waals surface area contributed by atoms with Crippen LogP contribution in [0.2, 0.25) is 0 Å². The summed E-state index contributed by atoms with van der Waals surface area (Å²) in [6, 6.07) is 16.2. The number of hydrogen-bond donors (Lipinski definition) is 4. The van der Waals surface area contributed by atoms with Crippen LogP contribution in [0.1, 0.15) is 11.1 Å². The van der Waals surface area contributed by atoms with Gasteiger partial charge >= 0.3 is 5.97 Å². The van der Waals surface area contributed by atoms with Crippen LogP contribution in [0.25, 0.3) is 10.9 Å². The third-order valence-electron chi connectivity index (χ3n) is 4.29. The van der Waals surface area contributed by atoms with Gasteiger partial charge in [-0.3, -0.25) is 4.79 Å². The third-order valence-corrected chi connectivity index (χ3v) is 4.71. The topological polar surface area (TPSA) is 82.2 Å². The Kier molecular flexibility index (Phi) is 5.63. The minimum absolute atomic E-state index is 0.205. The summed E-state index contributed by atoms with van der Waals surface area (Å²) in [6.45, 7) is 0. The van der Waals surface area contributed by atoms with Crippen LogP contribution >= 0.6 is 12.6 Å². The zero-order valence-electron chi connectivity index (χ0n) is 14.1. The fourth-order valence-corrected chi connectivity index (χ4v) is 3.20. The van der Waals surface area contributed by atoms with Crippen LogP contribution in [0.4, 0.5) is 0 Å². The van der Waals surface area contributed by atoms with Crippen molar-refractivity contribution in [2.24, 2.45) is 0 Å². The summed E-state index contributed by atoms with van der Waals surface area (Å²) in [4.78, 5) is 27.1. The second kappa shape index (κ2) is 8.10. The molecule has 2 aromatic carbocycles. The predicted octanol–water partition coefficient (Wildman–Crippen LogP) is 2.82. The highest BCUT2D eigenvalue weighted by Gasteiger charge is 2.24. The van der Waals surface area contributed by atoms with Crippen LogP contribution in [0.3, 0.4) is 0 Å². The van der Waals surface area contributed by atoms with E-state index in [1.165, 1.54) is 0 Å². The Hall–Kier alpha value is -2.73. The fourth-order valence-electron chi connectivity index (χ4n) is 2.92. The highest BCUT2D eigenvalue weighted by atomic mass is 32.1. The number of thiol groups is 1. The van der Waals surface area contributed by atoms with Crippen molar-refractivity contribution in [3.8, 4) is 0 Å². The van der Waals surface area contributed by atoms with Crippen molar-refractivity contribution in [3.05, 3.63) is 71.9 Å². The maximum Gasteiger partial charge on any atom is 0.326 e. The van der Waals surface area contributed by atoms with Gasteiger partial charge in [0.25, 0.3) is 0 Å². The summed E-state index contributed by atoms with van der Waals surface area (Å²) in [7, 11) is 0. The van der Waals surface area contributed by atoms with E-state index in [1.54, 1.807) is 6.20 Å². The molecule has 0 saturated heterocycles. The number of carbonyl (C=O) groups is 2. The van der Waals surface area contributed by atoms with Crippen LogP contribution in [-0.4, -0.2) is 33.3 Å². The quantitative estimate of drug-likeness (QED) is 0.484. The highest BCUT2D eigenvalue weighted by molar-refractivity contribution is 7.81. The summed E-state index contributed by atoms with van der Waals surface area (Å²) in [5.74, 6) is -1.45. The number of amides is 1. The summed E-state index contributed by atoms with van der Waals surface area (Å²) < 4.78 is 0. The second-order valence-electron chi connectivity index (χ2n) is 6.17. The molecule has 3 aromatic rings. The Balaban J connectivity index is 1.68. The Bertz CT molecular complexity index is 908. The number of H-pyrrole nitrogens is 1. The van der Waals surface area contributed by atoms with Gasteiger partial charge in [0.1, 0.15) is 6.04 Å². The van der Waals surface area contributed by atoms with Crippen molar-refractivity contribution in [3.63, 3.8) is 0 Å². The van der Waals surface area contributed by atoms with Crippen molar-refractivity contribution < 1.29 is 14.7 Å². The van der Waals surface area contributed by atoms with E-state index < -0.39 is 17.3 Å². The highest BCUT2D eigenvalue weighted by Crippen LogP contribution is 2.19. The van der Waals surface area contributed by atoms with E-state index >= 15 is 0 Å². The fraction of sp³-hybridized carbons (Fsp3) is 0.200. The van der Waals surface area contributed by atoms with E-state index in [4.69, 9.17) is 0 Å². The third kappa shape index (κ3) is 4.26. The van der Waals surface area contributed by atoms with Crippen LogP contribution in [0, 0.1) is 0 Å². The molecule has 0 saturated carbocycles. The number of carbonyl (C=O) groups excluding carboxylic acids is 1. The summed E-state index contributed by atoms with van der Waals surface area (Å²) in [6.07, 6.45) is 2.43. The molecule has 1 aromatic heterocycles. The first-order valence-electron chi connectivity index (χ1n) is 8.35. The number of rotatable bonds is 7. The molecule has 1 heterocycles. The number of fused-ring (bicyclic) bond motifs is 1. The zero-order valence-corrected chi connectivity index (χ0v) is 14.9. The lowest BCUT2D eigenvalue weighted by molar-refractivity contribution is -0.141. The lowest BCUT2D eigenvalue weighted by Gasteiger charge is -2.17. The van der Waals surface area contributed by atoms with Crippen LogP contribution in [0.15, 0.2) is 60.8 Å². The van der Waals surface area contributed by atoms with Gasteiger partial charge in [0, 0.05) is 23.5 Å². The van der Waals surface area contributed by atoms with Crippen molar-refractivity contribution in [2.75, 3.05) is 0 Å². The minimum Gasteiger partial charge on any atom is -0.480 e. The normalized spacial score (nSPS) is 13.3. The number of hydrogen-bond acceptors (Lipinski definition) is 3. The average Bonchev–Trinajstić information content (AvgIpc) is 3.05. The van der Waals surface area contributed by atoms with Gasteiger partial charge < -0.3 is 15.4 Å². The number of carboxylic acids is 1. The number of nitrogens with one attached hydrogen (secondary N) is 2. The van der Waals surface area contributed by atoms with Gasteiger partial charge in [-0.1, -0.05) is 48.5 Å². The molecule has 3 N–H and O–H groups in total. The molecule has 0 spiro atoms. The lowest BCUT2D eigenvalue weighted by Crippen LogP contribution is -2.45. The molecule has 0 aliphatic carbocycles. The molecule has 6 heteroatoms. The van der Waals surface area contributed by atoms with Crippen molar-refractivity contribution in [2.45, 2.75) is 24.1 Å². The van der Waals surface area contributed by atoms with Gasteiger partial charge in [-0.25, -0.2) is 4.79 Å². The largest absolute Gasteiger partial charge is 0.480 e. The molecule has 0 aliphatic heterocycles. The molecular weight excluding hydrogens is 348 g/mol. The Morgan fingerprint density at radius 1 is 1.04 bits per heavy atom. The zero-order chi connectivity index (χ0) is 18.5. The van der Waals surface area contributed by atoms with Crippen molar-refractivity contribution >= 4 is 35.4 Å². The van der Waals surface area contributed by atoms with Crippen molar-refractivity contribution in [1.82, 2.24) is 10.3 Å². The number of aromatic nitrogens is 1. The average molecular weight is 368 g/mol. The van der Waals surface area contributed by atoms with E-state index in [1.807, 2.05) is 54.6 Å². The molecule has 0 unspecified atom stereocenters. The van der Waals surface area contributed by atoms with Gasteiger partial charge in [-0.15, -0.1) is 0 Å². The Labute approximate surface area is 156 Å². The summed E-state index contributed by atoms with van der Waals surface area (Å²) in [5.41, 5.74) is 2.77. The molecule has 0 radical (unpaired) electrons. The Morgan fingerprint density at radius 2 is 1.73 bits per heavy atom. The summed E-state index contributed by atoms with van der Waals surface area (Å²) in [5, 5.41) is 12.5. The molecule has 0 aliphatic rings. The number of carboxylic acid groups (broad SMARTS) is 1. The number of aliphatic carboxylic acids is 1. The number of para-hydroxylation sites is 1. The maximum absolute atomic E-state index is 12.4. The van der Waals surface area contributed by atoms with E-state index in [2.05, 4.69) is 22.9 Å². The first kappa shape index (κ1) is 18.1. The van der Waals surface area contributed by atoms with Crippen LogP contribution in [-0.2, 0) is 22.4 Å². The second-order valence-corrected chi connectivity index (χ2v) is 6.79. The van der Waals surface area contributed by atoms with Gasteiger partial charge in [-0.05, 0) is 23.6 Å². The predicted molar refractivity (Wildman–Crippen MR) is 104 cm³/mol. The van der Waals surface area contributed by atoms with Crippen LogP contribution < -0.4 is 5.32 Å². The molecule has 134 valence electrons. The van der Waals surface area contributed by atoms with E-state index in [0.717, 1.165) is 22.0 Å². The SMILES string of the molecule is O=C(O)[C@H](Cc1c[nH]c2ccccc12)NC(=O)[C@@H](S)Cc1ccccc1. The molecular formula is C20H20N2O3S. The molecule has 2 atom stereocenters. The first-order valence-corrected chi connectivity index (χ1v) is 8.86. The van der Waals surface area contributed by atoms with E-state index in [-0.39, 0.29) is 12.3 Å².